The highest BCUT2D eigenvalue weighted by Crippen LogP contribution is 2.24. The summed E-state index contributed by atoms with van der Waals surface area (Å²) in [6, 6.07) is 7.49. The third-order valence-electron chi connectivity index (χ3n) is 3.10. The molecule has 0 amide bonds. The van der Waals surface area contributed by atoms with Crippen molar-refractivity contribution < 1.29 is 9.53 Å². The maximum atomic E-state index is 11.6. The summed E-state index contributed by atoms with van der Waals surface area (Å²) < 4.78 is 5.10. The zero-order valence-corrected chi connectivity index (χ0v) is 10.0. The highest BCUT2D eigenvalue weighted by atomic mass is 16.5. The van der Waals surface area contributed by atoms with E-state index in [9.17, 15) is 4.79 Å². The van der Waals surface area contributed by atoms with Crippen molar-refractivity contribution in [2.75, 3.05) is 7.11 Å². The number of carbonyl (C=O) groups excluding carboxylic acids is 1. The van der Waals surface area contributed by atoms with Gasteiger partial charge < -0.3 is 4.74 Å². The molecule has 0 saturated carbocycles. The minimum absolute atomic E-state index is 0.113. The third kappa shape index (κ3) is 1.76. The molecule has 18 heavy (non-hydrogen) atoms. The fourth-order valence-corrected chi connectivity index (χ4v) is 2.08. The first-order valence-electron chi connectivity index (χ1n) is 5.81. The Balaban J connectivity index is 2.01. The van der Waals surface area contributed by atoms with Crippen molar-refractivity contribution in [3.05, 3.63) is 41.7 Å². The molecule has 4 heteroatoms. The molecular weight excluding hydrogens is 228 g/mol. The van der Waals surface area contributed by atoms with Crippen LogP contribution in [0.3, 0.4) is 0 Å². The quantitative estimate of drug-likeness (QED) is 0.808. The van der Waals surface area contributed by atoms with Gasteiger partial charge in [-0.05, 0) is 30.7 Å². The summed E-state index contributed by atoms with van der Waals surface area (Å²) in [5, 5.41) is 0. The molecule has 0 fully saturated rings. The molecule has 1 heterocycles. The first-order valence-corrected chi connectivity index (χ1v) is 5.81. The number of ketones is 1. The van der Waals surface area contributed by atoms with Gasteiger partial charge in [-0.2, -0.15) is 0 Å². The molecule has 4 nitrogen and oxygen atoms in total. The number of hydrogen-bond acceptors (Lipinski definition) is 4. The van der Waals surface area contributed by atoms with E-state index >= 15 is 0 Å². The molecule has 0 aliphatic heterocycles. The highest BCUT2D eigenvalue weighted by molar-refractivity contribution is 5.98. The van der Waals surface area contributed by atoms with Crippen LogP contribution in [0, 0.1) is 0 Å². The van der Waals surface area contributed by atoms with Crippen LogP contribution in [0.15, 0.2) is 30.5 Å². The third-order valence-corrected chi connectivity index (χ3v) is 3.10. The van der Waals surface area contributed by atoms with Crippen molar-refractivity contribution in [2.24, 2.45) is 0 Å². The van der Waals surface area contributed by atoms with E-state index in [1.165, 1.54) is 0 Å². The number of aromatic nitrogens is 2. The number of Topliss-reactive ketones (excluding diaryl/α,β-unsaturated/α-hetero) is 1. The van der Waals surface area contributed by atoms with Gasteiger partial charge in [0.25, 0.3) is 0 Å². The van der Waals surface area contributed by atoms with Crippen molar-refractivity contribution in [2.45, 2.75) is 12.8 Å². The molecule has 0 spiro atoms. The maximum absolute atomic E-state index is 11.6. The molecule has 1 aromatic heterocycles. The monoisotopic (exact) mass is 240 g/mol. The second-order valence-electron chi connectivity index (χ2n) is 4.22. The van der Waals surface area contributed by atoms with Gasteiger partial charge in [-0.3, -0.25) is 4.79 Å². The van der Waals surface area contributed by atoms with Gasteiger partial charge in [0.15, 0.2) is 11.6 Å². The van der Waals surface area contributed by atoms with Crippen LogP contribution in [0.2, 0.25) is 0 Å². The zero-order chi connectivity index (χ0) is 12.5. The second kappa shape index (κ2) is 4.22. The number of fused-ring (bicyclic) bond motifs is 1. The molecule has 0 N–H and O–H groups in total. The fraction of sp³-hybridized carbons (Fsp3) is 0.214. The molecule has 0 atom stereocenters. The number of nitrogens with zero attached hydrogens (tertiary/aromatic N) is 2. The van der Waals surface area contributed by atoms with Gasteiger partial charge in [-0.25, -0.2) is 9.97 Å². The number of methoxy groups -OCH3 is 1. The van der Waals surface area contributed by atoms with Crippen LogP contribution < -0.4 is 4.74 Å². The van der Waals surface area contributed by atoms with Crippen molar-refractivity contribution in [1.29, 1.82) is 0 Å². The Kier molecular flexibility index (Phi) is 2.55. The predicted octanol–water partition coefficient (Wildman–Crippen LogP) is 2.28. The van der Waals surface area contributed by atoms with E-state index in [1.807, 2.05) is 24.3 Å². The Morgan fingerprint density at radius 3 is 2.67 bits per heavy atom. The van der Waals surface area contributed by atoms with Gasteiger partial charge in [0, 0.05) is 23.7 Å². The molecule has 0 radical (unpaired) electrons. The lowest BCUT2D eigenvalue weighted by atomic mass is 10.2. The van der Waals surface area contributed by atoms with Crippen LogP contribution in [-0.4, -0.2) is 22.9 Å². The van der Waals surface area contributed by atoms with E-state index in [4.69, 9.17) is 4.74 Å². The summed E-state index contributed by atoms with van der Waals surface area (Å²) in [4.78, 5) is 20.3. The molecule has 90 valence electrons. The molecule has 1 aliphatic carbocycles. The summed E-state index contributed by atoms with van der Waals surface area (Å²) >= 11 is 0. The Hall–Kier alpha value is -2.23. The molecule has 0 unspecified atom stereocenters. The van der Waals surface area contributed by atoms with E-state index in [1.54, 1.807) is 13.3 Å². The van der Waals surface area contributed by atoms with Gasteiger partial charge in [0.1, 0.15) is 11.4 Å². The smallest absolute Gasteiger partial charge is 0.181 e. The summed E-state index contributed by atoms with van der Waals surface area (Å²) in [5.41, 5.74) is 2.42. The minimum Gasteiger partial charge on any atom is -0.497 e. The van der Waals surface area contributed by atoms with E-state index in [2.05, 4.69) is 9.97 Å². The van der Waals surface area contributed by atoms with Crippen LogP contribution >= 0.6 is 0 Å². The molecule has 2 aromatic rings. The fourth-order valence-electron chi connectivity index (χ4n) is 2.08. The highest BCUT2D eigenvalue weighted by Gasteiger charge is 2.22. The standard InChI is InChI=1S/C14H12N2O2/c1-18-11-5-2-9(3-6-11)14-15-8-10-4-7-12(17)13(10)16-14/h2-3,5-6,8H,4,7H2,1H3. The molecule has 1 aliphatic rings. The van der Waals surface area contributed by atoms with E-state index in [0.29, 0.717) is 17.9 Å². The molecule has 3 rings (SSSR count). The van der Waals surface area contributed by atoms with E-state index in [-0.39, 0.29) is 5.78 Å². The van der Waals surface area contributed by atoms with Gasteiger partial charge in [0.05, 0.1) is 7.11 Å². The number of rotatable bonds is 2. The summed E-state index contributed by atoms with van der Waals surface area (Å²) in [6.07, 6.45) is 3.07. The topological polar surface area (TPSA) is 52.1 Å². The van der Waals surface area contributed by atoms with Crippen LogP contribution in [0.5, 0.6) is 5.75 Å². The van der Waals surface area contributed by atoms with Gasteiger partial charge in [-0.1, -0.05) is 0 Å². The van der Waals surface area contributed by atoms with Crippen LogP contribution in [-0.2, 0) is 6.42 Å². The predicted molar refractivity (Wildman–Crippen MR) is 66.7 cm³/mol. The van der Waals surface area contributed by atoms with Gasteiger partial charge in [0.2, 0.25) is 0 Å². The van der Waals surface area contributed by atoms with Gasteiger partial charge in [-0.15, -0.1) is 0 Å². The average molecular weight is 240 g/mol. The van der Waals surface area contributed by atoms with Crippen molar-refractivity contribution in [3.8, 4) is 17.1 Å². The number of aryl methyl sites for hydroxylation is 1. The average Bonchev–Trinajstić information content (AvgIpc) is 2.80. The van der Waals surface area contributed by atoms with Crippen molar-refractivity contribution in [3.63, 3.8) is 0 Å². The second-order valence-corrected chi connectivity index (χ2v) is 4.22. The lowest BCUT2D eigenvalue weighted by Crippen LogP contribution is -1.99. The Bertz CT molecular complexity index is 606. The summed E-state index contributed by atoms with van der Waals surface area (Å²) in [5.74, 6) is 1.49. The molecule has 1 aromatic carbocycles. The number of hydrogen-bond donors (Lipinski definition) is 0. The largest absolute Gasteiger partial charge is 0.497 e. The maximum Gasteiger partial charge on any atom is 0.181 e. The van der Waals surface area contributed by atoms with Gasteiger partial charge >= 0.3 is 0 Å². The normalized spacial score (nSPS) is 13.5. The Labute approximate surface area is 105 Å². The zero-order valence-electron chi connectivity index (χ0n) is 10.0. The first kappa shape index (κ1) is 10.9. The van der Waals surface area contributed by atoms with E-state index < -0.39 is 0 Å². The van der Waals surface area contributed by atoms with Crippen LogP contribution in [0.4, 0.5) is 0 Å². The lowest BCUT2D eigenvalue weighted by Gasteiger charge is -2.04. The molecule has 0 bridgehead atoms. The first-order chi connectivity index (χ1) is 8.78. The van der Waals surface area contributed by atoms with Crippen molar-refractivity contribution in [1.82, 2.24) is 9.97 Å². The molecular formula is C14H12N2O2. The van der Waals surface area contributed by atoms with Crippen LogP contribution in [0.1, 0.15) is 22.5 Å². The number of benzene rings is 1. The number of carbonyl (C=O) groups is 1. The van der Waals surface area contributed by atoms with Crippen LogP contribution in [0.25, 0.3) is 11.4 Å². The molecule has 0 saturated heterocycles. The summed E-state index contributed by atoms with van der Waals surface area (Å²) in [6.45, 7) is 0. The lowest BCUT2D eigenvalue weighted by molar-refractivity contribution is 0.0990. The van der Waals surface area contributed by atoms with E-state index in [0.717, 1.165) is 23.3 Å². The number of ether oxygens (including phenoxy) is 1. The Morgan fingerprint density at radius 2 is 1.94 bits per heavy atom. The minimum atomic E-state index is 0.113. The SMILES string of the molecule is COc1ccc(-c2ncc3c(n2)C(=O)CC3)cc1. The summed E-state index contributed by atoms with van der Waals surface area (Å²) in [7, 11) is 1.62. The Morgan fingerprint density at radius 1 is 1.17 bits per heavy atom. The van der Waals surface area contributed by atoms with Crippen molar-refractivity contribution >= 4 is 5.78 Å².